The summed E-state index contributed by atoms with van der Waals surface area (Å²) in [6, 6.07) is 24.9. The van der Waals surface area contributed by atoms with E-state index in [1.54, 1.807) is 15.6 Å². The molecule has 0 aliphatic carbocycles. The quantitative estimate of drug-likeness (QED) is 0.258. The molecule has 6 nitrogen and oxygen atoms in total. The predicted molar refractivity (Wildman–Crippen MR) is 160 cm³/mol. The molecule has 0 bridgehead atoms. The zero-order chi connectivity index (χ0) is 27.5. The van der Waals surface area contributed by atoms with Gasteiger partial charge in [-0.1, -0.05) is 84.7 Å². The van der Waals surface area contributed by atoms with E-state index >= 15 is 0 Å². The van der Waals surface area contributed by atoms with Gasteiger partial charge in [-0.3, -0.25) is 14.5 Å². The number of hydrogen-bond donors (Lipinski definition) is 1. The number of benzene rings is 3. The van der Waals surface area contributed by atoms with Crippen LogP contribution in [0.25, 0.3) is 16.9 Å². The van der Waals surface area contributed by atoms with Crippen LogP contribution in [0.4, 0.5) is 5.82 Å². The lowest BCUT2D eigenvalue weighted by atomic mass is 9.99. The van der Waals surface area contributed by atoms with Crippen LogP contribution < -0.4 is 10.2 Å². The first-order valence-electron chi connectivity index (χ1n) is 12.8. The van der Waals surface area contributed by atoms with Gasteiger partial charge in [0.15, 0.2) is 0 Å². The summed E-state index contributed by atoms with van der Waals surface area (Å²) in [5, 5.41) is 8.88. The summed E-state index contributed by atoms with van der Waals surface area (Å²) in [6.45, 7) is 3.81. The van der Waals surface area contributed by atoms with E-state index in [1.165, 1.54) is 11.8 Å². The molecule has 200 valence electrons. The molecule has 39 heavy (non-hydrogen) atoms. The fraction of sp³-hybridized carbons (Fsp3) is 0.233. The number of amides is 2. The Morgan fingerprint density at radius 3 is 2.54 bits per heavy atom. The van der Waals surface area contributed by atoms with Crippen molar-refractivity contribution < 1.29 is 9.59 Å². The normalized spacial score (nSPS) is 15.9. The molecule has 2 atom stereocenters. The molecule has 0 radical (unpaired) electrons. The van der Waals surface area contributed by atoms with Crippen molar-refractivity contribution in [2.24, 2.45) is 0 Å². The molecule has 0 fully saturated rings. The SMILES string of the molecule is CC[C@@H](C)NC(=O)CN1C(=O)CS[C@@H](c2cccc(Cl)c2)c2c(-c3ccccc3)nn(-c3ccccc3Cl)c21. The lowest BCUT2D eigenvalue weighted by Crippen LogP contribution is -2.44. The van der Waals surface area contributed by atoms with E-state index in [1.807, 2.05) is 86.6 Å². The van der Waals surface area contributed by atoms with Gasteiger partial charge in [0.2, 0.25) is 11.8 Å². The maximum Gasteiger partial charge on any atom is 0.240 e. The highest BCUT2D eigenvalue weighted by Gasteiger charge is 2.38. The van der Waals surface area contributed by atoms with Gasteiger partial charge in [-0.15, -0.1) is 11.8 Å². The number of fused-ring (bicyclic) bond motifs is 1. The van der Waals surface area contributed by atoms with Crippen molar-refractivity contribution in [2.75, 3.05) is 17.2 Å². The molecule has 0 saturated heterocycles. The molecule has 1 aliphatic heterocycles. The van der Waals surface area contributed by atoms with E-state index in [-0.39, 0.29) is 35.4 Å². The molecule has 9 heteroatoms. The van der Waals surface area contributed by atoms with Crippen LogP contribution in [-0.4, -0.2) is 39.9 Å². The van der Waals surface area contributed by atoms with Crippen LogP contribution in [0, 0.1) is 0 Å². The van der Waals surface area contributed by atoms with Crippen molar-refractivity contribution in [2.45, 2.75) is 31.6 Å². The highest BCUT2D eigenvalue weighted by Crippen LogP contribution is 2.49. The first-order valence-corrected chi connectivity index (χ1v) is 14.6. The van der Waals surface area contributed by atoms with E-state index < -0.39 is 0 Å². The molecule has 4 aromatic rings. The van der Waals surface area contributed by atoms with E-state index in [2.05, 4.69) is 5.32 Å². The number of nitrogens with one attached hydrogen (secondary N) is 1. The fourth-order valence-electron chi connectivity index (χ4n) is 4.62. The number of nitrogens with zero attached hydrogens (tertiary/aromatic N) is 3. The van der Waals surface area contributed by atoms with Crippen LogP contribution >= 0.6 is 35.0 Å². The maximum absolute atomic E-state index is 13.8. The van der Waals surface area contributed by atoms with Gasteiger partial charge < -0.3 is 5.32 Å². The second-order valence-electron chi connectivity index (χ2n) is 9.42. The smallest absolute Gasteiger partial charge is 0.240 e. The molecule has 0 unspecified atom stereocenters. The first kappa shape index (κ1) is 27.3. The minimum absolute atomic E-state index is 0.0130. The second-order valence-corrected chi connectivity index (χ2v) is 11.4. The maximum atomic E-state index is 13.8. The summed E-state index contributed by atoms with van der Waals surface area (Å²) in [5.74, 6) is 0.293. The highest BCUT2D eigenvalue weighted by molar-refractivity contribution is 8.00. The van der Waals surface area contributed by atoms with E-state index in [0.29, 0.717) is 27.2 Å². The molecule has 1 aliphatic rings. The summed E-state index contributed by atoms with van der Waals surface area (Å²) in [5.41, 5.74) is 4.00. The molecule has 3 aromatic carbocycles. The van der Waals surface area contributed by atoms with Gasteiger partial charge in [0.05, 0.1) is 27.4 Å². The number of rotatable bonds is 7. The Morgan fingerprint density at radius 1 is 1.08 bits per heavy atom. The number of thioether (sulfide) groups is 1. The van der Waals surface area contributed by atoms with Crippen LogP contribution in [0.2, 0.25) is 10.0 Å². The number of carbonyl (C=O) groups excluding carboxylic acids is 2. The second kappa shape index (κ2) is 11.9. The molecule has 1 aromatic heterocycles. The monoisotopic (exact) mass is 578 g/mol. The van der Waals surface area contributed by atoms with E-state index in [9.17, 15) is 9.59 Å². The Bertz CT molecular complexity index is 1510. The van der Waals surface area contributed by atoms with Gasteiger partial charge in [-0.25, -0.2) is 4.68 Å². The summed E-state index contributed by atoms with van der Waals surface area (Å²) in [4.78, 5) is 28.5. The van der Waals surface area contributed by atoms with Crippen LogP contribution in [-0.2, 0) is 9.59 Å². The van der Waals surface area contributed by atoms with Crippen LogP contribution in [0.3, 0.4) is 0 Å². The van der Waals surface area contributed by atoms with Crippen molar-refractivity contribution in [1.82, 2.24) is 15.1 Å². The van der Waals surface area contributed by atoms with E-state index in [0.717, 1.165) is 23.1 Å². The molecule has 5 rings (SSSR count). The first-order chi connectivity index (χ1) is 18.9. The van der Waals surface area contributed by atoms with Crippen molar-refractivity contribution in [3.63, 3.8) is 0 Å². The topological polar surface area (TPSA) is 67.2 Å². The number of anilines is 1. The third kappa shape index (κ3) is 5.71. The number of aromatic nitrogens is 2. The number of hydrogen-bond acceptors (Lipinski definition) is 4. The Morgan fingerprint density at radius 2 is 1.82 bits per heavy atom. The van der Waals surface area contributed by atoms with Gasteiger partial charge in [-0.05, 0) is 43.2 Å². The minimum Gasteiger partial charge on any atom is -0.352 e. The largest absolute Gasteiger partial charge is 0.352 e. The Labute approximate surface area is 242 Å². The summed E-state index contributed by atoms with van der Waals surface area (Å²) < 4.78 is 1.71. The average Bonchev–Trinajstić information content (AvgIpc) is 3.25. The molecule has 2 heterocycles. The Hall–Kier alpha value is -3.26. The summed E-state index contributed by atoms with van der Waals surface area (Å²) in [7, 11) is 0. The lowest BCUT2D eigenvalue weighted by Gasteiger charge is -2.24. The highest BCUT2D eigenvalue weighted by atomic mass is 35.5. The van der Waals surface area contributed by atoms with Gasteiger partial charge in [0.25, 0.3) is 0 Å². The zero-order valence-electron chi connectivity index (χ0n) is 21.6. The van der Waals surface area contributed by atoms with Gasteiger partial charge in [0.1, 0.15) is 12.4 Å². The molecule has 2 amide bonds. The van der Waals surface area contributed by atoms with Crippen LogP contribution in [0.1, 0.15) is 36.6 Å². The summed E-state index contributed by atoms with van der Waals surface area (Å²) in [6.07, 6.45) is 0.785. The van der Waals surface area contributed by atoms with Crippen molar-refractivity contribution in [3.8, 4) is 16.9 Å². The van der Waals surface area contributed by atoms with Crippen molar-refractivity contribution in [3.05, 3.63) is 100 Å². The molecule has 0 saturated carbocycles. The average molecular weight is 580 g/mol. The van der Waals surface area contributed by atoms with Gasteiger partial charge >= 0.3 is 0 Å². The lowest BCUT2D eigenvalue weighted by molar-refractivity contribution is -0.123. The van der Waals surface area contributed by atoms with E-state index in [4.69, 9.17) is 28.3 Å². The third-order valence-corrected chi connectivity index (χ3v) is 8.50. The Kier molecular flexibility index (Phi) is 8.31. The molecular formula is C30H28Cl2N4O2S. The predicted octanol–water partition coefficient (Wildman–Crippen LogP) is 6.93. The Balaban J connectivity index is 1.79. The standard InChI is InChI=1S/C30H28Cl2N4O2S/c1-3-19(2)33-25(37)17-35-26(38)18-39-29(21-12-9-13-22(31)16-21)27-28(20-10-5-4-6-11-20)34-36(30(27)35)24-15-8-7-14-23(24)32/h4-16,19,29H,3,17-18H2,1-2H3,(H,33,37)/t19-,29+/m1/s1. The van der Waals surface area contributed by atoms with Gasteiger partial charge in [-0.2, -0.15) is 5.10 Å². The van der Waals surface area contributed by atoms with Gasteiger partial charge in [0, 0.05) is 22.2 Å². The fourth-order valence-corrected chi connectivity index (χ4v) is 6.22. The third-order valence-electron chi connectivity index (χ3n) is 6.69. The summed E-state index contributed by atoms with van der Waals surface area (Å²) >= 11 is 14.6. The van der Waals surface area contributed by atoms with Crippen LogP contribution in [0.5, 0.6) is 0 Å². The number of halogens is 2. The van der Waals surface area contributed by atoms with Crippen molar-refractivity contribution in [1.29, 1.82) is 0 Å². The van der Waals surface area contributed by atoms with Crippen molar-refractivity contribution >= 4 is 52.6 Å². The minimum atomic E-state index is -0.267. The molecule has 1 N–H and O–H groups in total. The number of carbonyl (C=O) groups is 2. The zero-order valence-corrected chi connectivity index (χ0v) is 23.9. The molecular weight excluding hydrogens is 551 g/mol. The molecule has 0 spiro atoms. The van der Waals surface area contributed by atoms with Crippen LogP contribution in [0.15, 0.2) is 78.9 Å². The number of para-hydroxylation sites is 1.